The molecule has 0 N–H and O–H groups in total. The second-order valence-electron chi connectivity index (χ2n) is 4.48. The number of hydrogen-bond acceptors (Lipinski definition) is 4. The number of nitrogens with zero attached hydrogens (tertiary/aromatic N) is 3. The predicted octanol–water partition coefficient (Wildman–Crippen LogP) is 1.45. The first-order valence-electron chi connectivity index (χ1n) is 4.75. The van der Waals surface area contributed by atoms with E-state index in [9.17, 15) is 4.79 Å². The minimum atomic E-state index is -0.430. The van der Waals surface area contributed by atoms with Crippen LogP contribution in [-0.4, -0.2) is 14.5 Å². The zero-order valence-electron chi connectivity index (χ0n) is 9.24. The minimum Gasteiger partial charge on any atom is -0.407 e. The Bertz CT molecular complexity index is 560. The Labute approximate surface area is 86.8 Å². The van der Waals surface area contributed by atoms with Gasteiger partial charge in [-0.25, -0.2) is 9.78 Å². The summed E-state index contributed by atoms with van der Waals surface area (Å²) < 4.78 is 6.74. The molecule has 0 aromatic carbocycles. The molecule has 0 bridgehead atoms. The van der Waals surface area contributed by atoms with Crippen LogP contribution in [0.2, 0.25) is 0 Å². The fraction of sp³-hybridized carbons (Fsp3) is 0.500. The fourth-order valence-corrected chi connectivity index (χ4v) is 1.44. The Kier molecular flexibility index (Phi) is 1.92. The standard InChI is InChI=1S/C10H13N3O2/c1-6-12-8-7(9(14)15-6)11-5-13(8)10(2,3)4/h5H,1-4H3. The van der Waals surface area contributed by atoms with Crippen molar-refractivity contribution in [3.63, 3.8) is 0 Å². The van der Waals surface area contributed by atoms with Crippen molar-refractivity contribution in [3.8, 4) is 0 Å². The average Bonchev–Trinajstić information content (AvgIpc) is 2.45. The predicted molar refractivity (Wildman–Crippen MR) is 55.8 cm³/mol. The minimum absolute atomic E-state index is 0.151. The van der Waals surface area contributed by atoms with Crippen molar-refractivity contribution in [2.24, 2.45) is 0 Å². The molecule has 2 heterocycles. The lowest BCUT2D eigenvalue weighted by Gasteiger charge is -2.20. The molecule has 2 aromatic rings. The van der Waals surface area contributed by atoms with E-state index in [0.29, 0.717) is 11.5 Å². The largest absolute Gasteiger partial charge is 0.407 e. The van der Waals surface area contributed by atoms with Crippen LogP contribution in [0.1, 0.15) is 26.7 Å². The zero-order valence-corrected chi connectivity index (χ0v) is 9.24. The summed E-state index contributed by atoms with van der Waals surface area (Å²) in [4.78, 5) is 19.7. The molecule has 0 unspecified atom stereocenters. The van der Waals surface area contributed by atoms with Gasteiger partial charge in [0, 0.05) is 12.5 Å². The summed E-state index contributed by atoms with van der Waals surface area (Å²) >= 11 is 0. The van der Waals surface area contributed by atoms with Crippen LogP contribution < -0.4 is 5.63 Å². The number of aryl methyl sites for hydroxylation is 1. The molecule has 0 fully saturated rings. The first kappa shape index (κ1) is 9.89. The molecule has 0 amide bonds. The zero-order chi connectivity index (χ0) is 11.2. The molecule has 15 heavy (non-hydrogen) atoms. The SMILES string of the molecule is Cc1nc2c(ncn2C(C)(C)C)c(=O)o1. The number of hydrogen-bond donors (Lipinski definition) is 0. The van der Waals surface area contributed by atoms with E-state index in [4.69, 9.17) is 4.42 Å². The van der Waals surface area contributed by atoms with E-state index in [2.05, 4.69) is 9.97 Å². The van der Waals surface area contributed by atoms with Crippen molar-refractivity contribution in [2.75, 3.05) is 0 Å². The summed E-state index contributed by atoms with van der Waals surface area (Å²) in [7, 11) is 0. The van der Waals surface area contributed by atoms with E-state index in [1.165, 1.54) is 0 Å². The van der Waals surface area contributed by atoms with E-state index in [0.717, 1.165) is 0 Å². The van der Waals surface area contributed by atoms with Gasteiger partial charge in [-0.15, -0.1) is 0 Å². The number of imidazole rings is 1. The Hall–Kier alpha value is -1.65. The Morgan fingerprint density at radius 1 is 1.40 bits per heavy atom. The molecule has 0 aliphatic rings. The van der Waals surface area contributed by atoms with Crippen molar-refractivity contribution in [3.05, 3.63) is 22.6 Å². The summed E-state index contributed by atoms with van der Waals surface area (Å²) in [6.07, 6.45) is 1.62. The lowest BCUT2D eigenvalue weighted by Crippen LogP contribution is -2.21. The molecule has 5 nitrogen and oxygen atoms in total. The van der Waals surface area contributed by atoms with Gasteiger partial charge < -0.3 is 8.98 Å². The van der Waals surface area contributed by atoms with Crippen LogP contribution in [-0.2, 0) is 5.54 Å². The average molecular weight is 207 g/mol. The van der Waals surface area contributed by atoms with Crippen molar-refractivity contribution < 1.29 is 4.42 Å². The highest BCUT2D eigenvalue weighted by Gasteiger charge is 2.19. The second-order valence-corrected chi connectivity index (χ2v) is 4.48. The molecule has 0 aliphatic carbocycles. The Morgan fingerprint density at radius 2 is 2.07 bits per heavy atom. The molecule has 0 saturated heterocycles. The summed E-state index contributed by atoms with van der Waals surface area (Å²) in [5.74, 6) is 0.360. The second kappa shape index (κ2) is 2.92. The highest BCUT2D eigenvalue weighted by Crippen LogP contribution is 2.18. The van der Waals surface area contributed by atoms with E-state index in [-0.39, 0.29) is 11.1 Å². The molecule has 0 spiro atoms. The van der Waals surface area contributed by atoms with Crippen molar-refractivity contribution in [1.29, 1.82) is 0 Å². The first-order chi connectivity index (χ1) is 6.89. The van der Waals surface area contributed by atoms with Gasteiger partial charge in [0.25, 0.3) is 0 Å². The third-order valence-corrected chi connectivity index (χ3v) is 2.16. The van der Waals surface area contributed by atoms with Crippen LogP contribution in [0.3, 0.4) is 0 Å². The maximum Gasteiger partial charge on any atom is 0.367 e. The topological polar surface area (TPSA) is 60.9 Å². The third kappa shape index (κ3) is 1.54. The molecular weight excluding hydrogens is 194 g/mol. The maximum absolute atomic E-state index is 11.5. The highest BCUT2D eigenvalue weighted by atomic mass is 16.4. The number of rotatable bonds is 0. The maximum atomic E-state index is 11.5. The quantitative estimate of drug-likeness (QED) is 0.656. The monoisotopic (exact) mass is 207 g/mol. The first-order valence-corrected chi connectivity index (χ1v) is 4.75. The Morgan fingerprint density at radius 3 is 2.67 bits per heavy atom. The molecule has 0 saturated carbocycles. The van der Waals surface area contributed by atoms with E-state index in [1.54, 1.807) is 13.3 Å². The molecule has 0 radical (unpaired) electrons. The van der Waals surface area contributed by atoms with E-state index in [1.807, 2.05) is 25.3 Å². The van der Waals surface area contributed by atoms with Crippen molar-refractivity contribution in [1.82, 2.24) is 14.5 Å². The smallest absolute Gasteiger partial charge is 0.367 e. The summed E-state index contributed by atoms with van der Waals surface area (Å²) in [5.41, 5.74) is 0.286. The molecule has 5 heteroatoms. The molecule has 2 aromatic heterocycles. The summed E-state index contributed by atoms with van der Waals surface area (Å²) in [6.45, 7) is 7.74. The van der Waals surface area contributed by atoms with Crippen LogP contribution in [0.4, 0.5) is 0 Å². The van der Waals surface area contributed by atoms with Gasteiger partial charge >= 0.3 is 5.63 Å². The van der Waals surface area contributed by atoms with Crippen LogP contribution in [0.5, 0.6) is 0 Å². The van der Waals surface area contributed by atoms with E-state index >= 15 is 0 Å². The third-order valence-electron chi connectivity index (χ3n) is 2.16. The molecular formula is C10H13N3O2. The molecule has 80 valence electrons. The lowest BCUT2D eigenvalue weighted by atomic mass is 10.1. The molecule has 0 aliphatic heterocycles. The summed E-state index contributed by atoms with van der Waals surface area (Å²) in [5, 5.41) is 0. The van der Waals surface area contributed by atoms with Crippen LogP contribution >= 0.6 is 0 Å². The van der Waals surface area contributed by atoms with Crippen molar-refractivity contribution >= 4 is 11.2 Å². The van der Waals surface area contributed by atoms with Gasteiger partial charge in [0.15, 0.2) is 17.1 Å². The molecule has 0 atom stereocenters. The van der Waals surface area contributed by atoms with Crippen LogP contribution in [0.15, 0.2) is 15.5 Å². The van der Waals surface area contributed by atoms with Crippen LogP contribution in [0.25, 0.3) is 11.2 Å². The van der Waals surface area contributed by atoms with Gasteiger partial charge in [0.05, 0.1) is 6.33 Å². The number of aromatic nitrogens is 3. The van der Waals surface area contributed by atoms with Gasteiger partial charge in [-0.05, 0) is 20.8 Å². The normalized spacial score (nSPS) is 12.3. The van der Waals surface area contributed by atoms with Gasteiger partial charge in [-0.2, -0.15) is 4.98 Å². The van der Waals surface area contributed by atoms with E-state index < -0.39 is 5.63 Å². The Balaban J connectivity index is 2.86. The molecule has 2 rings (SSSR count). The highest BCUT2D eigenvalue weighted by molar-refractivity contribution is 5.68. The van der Waals surface area contributed by atoms with Crippen LogP contribution in [0, 0.1) is 6.92 Å². The lowest BCUT2D eigenvalue weighted by molar-refractivity contribution is 0.402. The fourth-order valence-electron chi connectivity index (χ4n) is 1.44. The van der Waals surface area contributed by atoms with Gasteiger partial charge in [-0.1, -0.05) is 0 Å². The van der Waals surface area contributed by atoms with Gasteiger partial charge in [-0.3, -0.25) is 0 Å². The number of fused-ring (bicyclic) bond motifs is 1. The van der Waals surface area contributed by atoms with Gasteiger partial charge in [0.2, 0.25) is 0 Å². The van der Waals surface area contributed by atoms with Gasteiger partial charge in [0.1, 0.15) is 0 Å². The summed E-state index contributed by atoms with van der Waals surface area (Å²) in [6, 6.07) is 0. The van der Waals surface area contributed by atoms with Crippen molar-refractivity contribution in [2.45, 2.75) is 33.2 Å².